The fraction of sp³-hybridized carbons (Fsp3) is 0.263. The van der Waals surface area contributed by atoms with E-state index < -0.39 is 6.10 Å². The molecule has 0 fully saturated rings. The maximum absolute atomic E-state index is 12.2. The SMILES string of the molecule is O=C(NCCc1cn2ccccc2n1)N[C@H]1c2ccccc2C[C@H]1O. The Kier molecular flexibility index (Phi) is 4.11. The number of nitrogens with one attached hydrogen (secondary N) is 2. The van der Waals surface area contributed by atoms with Crippen LogP contribution in [0.5, 0.6) is 0 Å². The summed E-state index contributed by atoms with van der Waals surface area (Å²) < 4.78 is 1.96. The summed E-state index contributed by atoms with van der Waals surface area (Å²) in [6, 6.07) is 13.0. The highest BCUT2D eigenvalue weighted by molar-refractivity contribution is 5.74. The van der Waals surface area contributed by atoms with Gasteiger partial charge in [-0.05, 0) is 23.3 Å². The van der Waals surface area contributed by atoms with Crippen LogP contribution in [0.3, 0.4) is 0 Å². The number of benzene rings is 1. The van der Waals surface area contributed by atoms with Crippen LogP contribution in [0.25, 0.3) is 5.65 Å². The lowest BCUT2D eigenvalue weighted by atomic mass is 10.1. The summed E-state index contributed by atoms with van der Waals surface area (Å²) in [5, 5.41) is 15.9. The topological polar surface area (TPSA) is 78.7 Å². The Morgan fingerprint density at radius 1 is 1.24 bits per heavy atom. The van der Waals surface area contributed by atoms with Gasteiger partial charge >= 0.3 is 6.03 Å². The van der Waals surface area contributed by atoms with Crippen molar-refractivity contribution in [2.75, 3.05) is 6.54 Å². The number of hydrogen-bond donors (Lipinski definition) is 3. The molecule has 0 saturated heterocycles. The van der Waals surface area contributed by atoms with E-state index in [1.807, 2.05) is 59.3 Å². The van der Waals surface area contributed by atoms with Gasteiger partial charge in [0.1, 0.15) is 5.65 Å². The number of urea groups is 1. The number of amides is 2. The van der Waals surface area contributed by atoms with E-state index in [4.69, 9.17) is 0 Å². The molecule has 2 atom stereocenters. The summed E-state index contributed by atoms with van der Waals surface area (Å²) >= 11 is 0. The van der Waals surface area contributed by atoms with E-state index in [1.165, 1.54) is 0 Å². The molecular formula is C19H20N4O2. The van der Waals surface area contributed by atoms with Crippen molar-refractivity contribution in [3.63, 3.8) is 0 Å². The average molecular weight is 336 g/mol. The Morgan fingerprint density at radius 2 is 2.08 bits per heavy atom. The molecule has 1 aliphatic carbocycles. The van der Waals surface area contributed by atoms with Gasteiger partial charge < -0.3 is 20.1 Å². The van der Waals surface area contributed by atoms with Gasteiger partial charge in [-0.25, -0.2) is 9.78 Å². The number of aromatic nitrogens is 2. The second-order valence-corrected chi connectivity index (χ2v) is 6.30. The molecule has 4 rings (SSSR count). The Hall–Kier alpha value is -2.86. The molecule has 0 saturated carbocycles. The molecule has 6 nitrogen and oxygen atoms in total. The van der Waals surface area contributed by atoms with E-state index in [9.17, 15) is 9.90 Å². The highest BCUT2D eigenvalue weighted by Gasteiger charge is 2.31. The number of pyridine rings is 1. The molecule has 25 heavy (non-hydrogen) atoms. The summed E-state index contributed by atoms with van der Waals surface area (Å²) in [5.41, 5.74) is 3.90. The molecule has 1 aliphatic rings. The van der Waals surface area contributed by atoms with Gasteiger partial charge in [0.05, 0.1) is 17.8 Å². The van der Waals surface area contributed by atoms with Crippen LogP contribution in [0.4, 0.5) is 4.79 Å². The number of nitrogens with zero attached hydrogens (tertiary/aromatic N) is 2. The van der Waals surface area contributed by atoms with Gasteiger partial charge in [0.15, 0.2) is 0 Å². The zero-order valence-corrected chi connectivity index (χ0v) is 13.7. The molecule has 3 N–H and O–H groups in total. The number of rotatable bonds is 4. The molecule has 2 heterocycles. The third-order valence-corrected chi connectivity index (χ3v) is 4.57. The van der Waals surface area contributed by atoms with Crippen molar-refractivity contribution in [2.24, 2.45) is 0 Å². The number of imidazole rings is 1. The average Bonchev–Trinajstić information content (AvgIpc) is 3.16. The van der Waals surface area contributed by atoms with Gasteiger partial charge in [-0.2, -0.15) is 0 Å². The molecule has 128 valence electrons. The van der Waals surface area contributed by atoms with Crippen molar-refractivity contribution >= 4 is 11.7 Å². The first-order valence-corrected chi connectivity index (χ1v) is 8.43. The van der Waals surface area contributed by atoms with Crippen molar-refractivity contribution in [3.8, 4) is 0 Å². The van der Waals surface area contributed by atoms with E-state index in [2.05, 4.69) is 15.6 Å². The number of hydrogen-bond acceptors (Lipinski definition) is 3. The van der Waals surface area contributed by atoms with Crippen LogP contribution in [0, 0.1) is 0 Å². The van der Waals surface area contributed by atoms with Crippen molar-refractivity contribution < 1.29 is 9.90 Å². The fourth-order valence-corrected chi connectivity index (χ4v) is 3.35. The third-order valence-electron chi connectivity index (χ3n) is 4.57. The molecule has 0 aliphatic heterocycles. The molecule has 0 unspecified atom stereocenters. The minimum absolute atomic E-state index is 0.274. The van der Waals surface area contributed by atoms with E-state index in [0.717, 1.165) is 22.5 Å². The second-order valence-electron chi connectivity index (χ2n) is 6.30. The summed E-state index contributed by atoms with van der Waals surface area (Å²) in [6.45, 7) is 0.486. The van der Waals surface area contributed by atoms with Crippen molar-refractivity contribution in [1.29, 1.82) is 0 Å². The van der Waals surface area contributed by atoms with Gasteiger partial charge in [-0.3, -0.25) is 0 Å². The highest BCUT2D eigenvalue weighted by Crippen LogP contribution is 2.30. The number of aliphatic hydroxyl groups excluding tert-OH is 1. The monoisotopic (exact) mass is 336 g/mol. The van der Waals surface area contributed by atoms with Crippen LogP contribution in [-0.2, 0) is 12.8 Å². The zero-order valence-electron chi connectivity index (χ0n) is 13.7. The summed E-state index contributed by atoms with van der Waals surface area (Å²) in [5.74, 6) is 0. The molecule has 0 spiro atoms. The van der Waals surface area contributed by atoms with E-state index in [1.54, 1.807) is 0 Å². The number of fused-ring (bicyclic) bond motifs is 2. The first kappa shape index (κ1) is 15.7. The Balaban J connectivity index is 1.32. The van der Waals surface area contributed by atoms with Crippen LogP contribution < -0.4 is 10.6 Å². The first-order chi connectivity index (χ1) is 12.2. The Labute approximate surface area is 145 Å². The van der Waals surface area contributed by atoms with Gasteiger partial charge in [-0.15, -0.1) is 0 Å². The predicted octanol–water partition coefficient (Wildman–Crippen LogP) is 1.83. The van der Waals surface area contributed by atoms with Crippen LogP contribution in [-0.4, -0.2) is 33.2 Å². The molecule has 0 radical (unpaired) electrons. The lowest BCUT2D eigenvalue weighted by molar-refractivity contribution is 0.142. The minimum atomic E-state index is -0.582. The Bertz CT molecular complexity index is 872. The van der Waals surface area contributed by atoms with E-state index in [0.29, 0.717) is 19.4 Å². The molecular weight excluding hydrogens is 316 g/mol. The maximum Gasteiger partial charge on any atom is 0.315 e. The molecule has 2 amide bonds. The molecule has 2 aromatic heterocycles. The van der Waals surface area contributed by atoms with Crippen molar-refractivity contribution in [2.45, 2.75) is 25.0 Å². The normalized spacial score (nSPS) is 18.9. The zero-order chi connectivity index (χ0) is 17.2. The van der Waals surface area contributed by atoms with E-state index >= 15 is 0 Å². The van der Waals surface area contributed by atoms with Crippen LogP contribution in [0.15, 0.2) is 54.9 Å². The maximum atomic E-state index is 12.2. The fourth-order valence-electron chi connectivity index (χ4n) is 3.35. The van der Waals surface area contributed by atoms with Crippen molar-refractivity contribution in [1.82, 2.24) is 20.0 Å². The lowest BCUT2D eigenvalue weighted by Gasteiger charge is -2.18. The quantitative estimate of drug-likeness (QED) is 0.680. The summed E-state index contributed by atoms with van der Waals surface area (Å²) in [4.78, 5) is 16.7. The van der Waals surface area contributed by atoms with Crippen LogP contribution in [0.1, 0.15) is 22.9 Å². The third kappa shape index (κ3) is 3.21. The van der Waals surface area contributed by atoms with E-state index in [-0.39, 0.29) is 12.1 Å². The van der Waals surface area contributed by atoms with Crippen LogP contribution >= 0.6 is 0 Å². The van der Waals surface area contributed by atoms with Gasteiger partial charge in [-0.1, -0.05) is 30.3 Å². The Morgan fingerprint density at radius 3 is 2.96 bits per heavy atom. The van der Waals surface area contributed by atoms with Gasteiger partial charge in [0.25, 0.3) is 0 Å². The molecule has 3 aromatic rings. The largest absolute Gasteiger partial charge is 0.390 e. The standard InChI is InChI=1S/C19H20N4O2/c24-16-11-13-5-1-2-6-15(13)18(16)22-19(25)20-9-8-14-12-23-10-4-3-7-17(23)21-14/h1-7,10,12,16,18,24H,8-9,11H2,(H2,20,22,25)/t16-,18+/m1/s1. The first-order valence-electron chi connectivity index (χ1n) is 8.43. The predicted molar refractivity (Wildman–Crippen MR) is 94.3 cm³/mol. The van der Waals surface area contributed by atoms with Gasteiger partial charge in [0.2, 0.25) is 0 Å². The molecule has 0 bridgehead atoms. The van der Waals surface area contributed by atoms with Gasteiger partial charge in [0, 0.05) is 31.8 Å². The smallest absolute Gasteiger partial charge is 0.315 e. The second kappa shape index (κ2) is 6.57. The highest BCUT2D eigenvalue weighted by atomic mass is 16.3. The number of carbonyl (C=O) groups excluding carboxylic acids is 1. The summed E-state index contributed by atoms with van der Waals surface area (Å²) in [6.07, 6.45) is 4.56. The summed E-state index contributed by atoms with van der Waals surface area (Å²) in [7, 11) is 0. The number of carbonyl (C=O) groups is 1. The molecule has 6 heteroatoms. The lowest BCUT2D eigenvalue weighted by Crippen LogP contribution is -2.41. The molecule has 1 aromatic carbocycles. The van der Waals surface area contributed by atoms with Crippen LogP contribution in [0.2, 0.25) is 0 Å². The minimum Gasteiger partial charge on any atom is -0.390 e. The van der Waals surface area contributed by atoms with Crippen molar-refractivity contribution in [3.05, 3.63) is 71.7 Å². The number of aliphatic hydroxyl groups is 1.